The first kappa shape index (κ1) is 18.6. The number of aliphatic hydroxyl groups excluding tert-OH is 1. The minimum Gasteiger partial charge on any atom is -0.387 e. The van der Waals surface area contributed by atoms with Gasteiger partial charge < -0.3 is 10.4 Å². The molecule has 28 heavy (non-hydrogen) atoms. The zero-order chi connectivity index (χ0) is 19.7. The van der Waals surface area contributed by atoms with Gasteiger partial charge in [0.05, 0.1) is 0 Å². The second-order valence-electron chi connectivity index (χ2n) is 6.71. The van der Waals surface area contributed by atoms with Gasteiger partial charge in [-0.15, -0.1) is 11.3 Å². The summed E-state index contributed by atoms with van der Waals surface area (Å²) in [5.41, 5.74) is 3.34. The van der Waals surface area contributed by atoms with Gasteiger partial charge in [0.15, 0.2) is 0 Å². The van der Waals surface area contributed by atoms with Crippen LogP contribution in [0.25, 0.3) is 21.6 Å². The SMILES string of the molecule is Cc1ccc(-c2csc(-c3ccccc3F)c2C(O)C2=CNCC=C2)c(F)c1. The molecule has 0 radical (unpaired) electrons. The van der Waals surface area contributed by atoms with E-state index in [0.29, 0.717) is 39.2 Å². The van der Waals surface area contributed by atoms with E-state index < -0.39 is 6.10 Å². The van der Waals surface area contributed by atoms with E-state index in [2.05, 4.69) is 5.32 Å². The normalized spacial score (nSPS) is 14.5. The van der Waals surface area contributed by atoms with Gasteiger partial charge in [-0.05, 0) is 30.0 Å². The maximum Gasteiger partial charge on any atom is 0.131 e. The lowest BCUT2D eigenvalue weighted by atomic mass is 9.91. The zero-order valence-corrected chi connectivity index (χ0v) is 16.1. The highest BCUT2D eigenvalue weighted by Crippen LogP contribution is 2.45. The van der Waals surface area contributed by atoms with Crippen LogP contribution in [-0.4, -0.2) is 11.7 Å². The van der Waals surface area contributed by atoms with E-state index in [1.54, 1.807) is 35.8 Å². The highest BCUT2D eigenvalue weighted by Gasteiger charge is 2.26. The molecule has 1 aliphatic rings. The third kappa shape index (κ3) is 3.39. The molecule has 142 valence electrons. The summed E-state index contributed by atoms with van der Waals surface area (Å²) in [7, 11) is 0. The summed E-state index contributed by atoms with van der Waals surface area (Å²) in [6.07, 6.45) is 4.46. The predicted molar refractivity (Wildman–Crippen MR) is 110 cm³/mol. The van der Waals surface area contributed by atoms with Gasteiger partial charge in [0, 0.05) is 45.4 Å². The lowest BCUT2D eigenvalue weighted by Gasteiger charge is -2.19. The van der Waals surface area contributed by atoms with Crippen molar-refractivity contribution in [1.82, 2.24) is 5.32 Å². The van der Waals surface area contributed by atoms with Crippen molar-refractivity contribution >= 4 is 11.3 Å². The number of rotatable bonds is 4. The molecule has 5 heteroatoms. The number of hydrogen-bond donors (Lipinski definition) is 2. The molecule has 0 amide bonds. The highest BCUT2D eigenvalue weighted by atomic mass is 32.1. The summed E-state index contributed by atoms with van der Waals surface area (Å²) in [5, 5.41) is 16.0. The smallest absolute Gasteiger partial charge is 0.131 e. The van der Waals surface area contributed by atoms with Crippen molar-refractivity contribution in [2.24, 2.45) is 0 Å². The standard InChI is InChI=1S/C23H19F2NOS/c1-14-8-9-16(20(25)11-14)18-13-28-23(17-6-2-3-7-19(17)24)21(18)22(27)15-5-4-10-26-12-15/h2-9,11-13,22,26-27H,10H2,1H3. The van der Waals surface area contributed by atoms with Crippen molar-refractivity contribution < 1.29 is 13.9 Å². The zero-order valence-electron chi connectivity index (χ0n) is 15.2. The second-order valence-corrected chi connectivity index (χ2v) is 7.59. The summed E-state index contributed by atoms with van der Waals surface area (Å²) in [6.45, 7) is 2.50. The first-order chi connectivity index (χ1) is 13.6. The fourth-order valence-electron chi connectivity index (χ4n) is 3.36. The van der Waals surface area contributed by atoms with Crippen molar-refractivity contribution in [1.29, 1.82) is 0 Å². The van der Waals surface area contributed by atoms with Crippen LogP contribution >= 0.6 is 11.3 Å². The Hall–Kier alpha value is -2.76. The fraction of sp³-hybridized carbons (Fsp3) is 0.130. The van der Waals surface area contributed by atoms with Gasteiger partial charge in [0.25, 0.3) is 0 Å². The van der Waals surface area contributed by atoms with E-state index in [4.69, 9.17) is 0 Å². The van der Waals surface area contributed by atoms with Gasteiger partial charge in [-0.25, -0.2) is 8.78 Å². The third-order valence-corrected chi connectivity index (χ3v) is 5.80. The molecule has 3 aromatic rings. The first-order valence-corrected chi connectivity index (χ1v) is 9.85. The molecule has 1 atom stereocenters. The molecule has 1 unspecified atom stereocenters. The quantitative estimate of drug-likeness (QED) is 0.590. The largest absolute Gasteiger partial charge is 0.387 e. The molecule has 0 fully saturated rings. The van der Waals surface area contributed by atoms with Crippen LogP contribution in [0.2, 0.25) is 0 Å². The fourth-order valence-corrected chi connectivity index (χ4v) is 4.50. The molecule has 4 rings (SSSR count). The van der Waals surface area contributed by atoms with Crippen LogP contribution in [0, 0.1) is 18.6 Å². The maximum absolute atomic E-state index is 14.7. The Balaban J connectivity index is 1.93. The molecule has 0 aliphatic carbocycles. The van der Waals surface area contributed by atoms with E-state index in [1.807, 2.05) is 25.1 Å². The summed E-state index contributed by atoms with van der Waals surface area (Å²) < 4.78 is 29.2. The number of aliphatic hydroxyl groups is 1. The van der Waals surface area contributed by atoms with Crippen LogP contribution < -0.4 is 5.32 Å². The number of nitrogens with one attached hydrogen (secondary N) is 1. The van der Waals surface area contributed by atoms with Crippen molar-refractivity contribution in [2.45, 2.75) is 13.0 Å². The Morgan fingerprint density at radius 2 is 1.86 bits per heavy atom. The van der Waals surface area contributed by atoms with Crippen molar-refractivity contribution in [3.05, 3.63) is 94.5 Å². The average Bonchev–Trinajstić information content (AvgIpc) is 3.13. The van der Waals surface area contributed by atoms with E-state index in [-0.39, 0.29) is 11.6 Å². The van der Waals surface area contributed by atoms with Crippen molar-refractivity contribution in [2.75, 3.05) is 6.54 Å². The minimum atomic E-state index is -1.01. The number of halogens is 2. The van der Waals surface area contributed by atoms with Crippen LogP contribution in [0.1, 0.15) is 17.2 Å². The van der Waals surface area contributed by atoms with Gasteiger partial charge in [-0.2, -0.15) is 0 Å². The van der Waals surface area contributed by atoms with Crippen molar-refractivity contribution in [3.63, 3.8) is 0 Å². The molecule has 0 saturated heterocycles. The topological polar surface area (TPSA) is 32.3 Å². The van der Waals surface area contributed by atoms with Crippen LogP contribution in [0.3, 0.4) is 0 Å². The number of dihydropyridines is 1. The molecule has 2 nitrogen and oxygen atoms in total. The predicted octanol–water partition coefficient (Wildman–Crippen LogP) is 5.75. The van der Waals surface area contributed by atoms with E-state index in [0.717, 1.165) is 5.56 Å². The van der Waals surface area contributed by atoms with Crippen LogP contribution in [0.15, 0.2) is 71.8 Å². The second kappa shape index (κ2) is 7.70. The molecular formula is C23H19F2NOS. The van der Waals surface area contributed by atoms with Gasteiger partial charge in [-0.1, -0.05) is 42.5 Å². The lowest BCUT2D eigenvalue weighted by molar-refractivity contribution is 0.220. The third-order valence-electron chi connectivity index (χ3n) is 4.77. The summed E-state index contributed by atoms with van der Waals surface area (Å²) in [4.78, 5) is 0.598. The van der Waals surface area contributed by atoms with Gasteiger partial charge >= 0.3 is 0 Å². The van der Waals surface area contributed by atoms with Gasteiger partial charge in [0.2, 0.25) is 0 Å². The molecule has 0 bridgehead atoms. The summed E-state index contributed by atoms with van der Waals surface area (Å²) >= 11 is 1.31. The Labute approximate surface area is 166 Å². The maximum atomic E-state index is 14.7. The Morgan fingerprint density at radius 3 is 2.57 bits per heavy atom. The molecule has 1 aliphatic heterocycles. The number of aryl methyl sites for hydroxylation is 1. The minimum absolute atomic E-state index is 0.363. The molecular weight excluding hydrogens is 376 g/mol. The highest BCUT2D eigenvalue weighted by molar-refractivity contribution is 7.14. The van der Waals surface area contributed by atoms with E-state index in [1.165, 1.54) is 23.5 Å². The molecule has 2 heterocycles. The van der Waals surface area contributed by atoms with Crippen LogP contribution in [0.5, 0.6) is 0 Å². The Bertz CT molecular complexity index is 1080. The van der Waals surface area contributed by atoms with Gasteiger partial charge in [0.1, 0.15) is 17.7 Å². The molecule has 0 spiro atoms. The van der Waals surface area contributed by atoms with Crippen LogP contribution in [0.4, 0.5) is 8.78 Å². The van der Waals surface area contributed by atoms with Crippen molar-refractivity contribution in [3.8, 4) is 21.6 Å². The average molecular weight is 395 g/mol. The summed E-state index contributed by atoms with van der Waals surface area (Å²) in [6, 6.07) is 11.4. The molecule has 0 saturated carbocycles. The van der Waals surface area contributed by atoms with Gasteiger partial charge in [-0.3, -0.25) is 0 Å². The van der Waals surface area contributed by atoms with Crippen LogP contribution in [-0.2, 0) is 0 Å². The molecule has 2 aromatic carbocycles. The lowest BCUT2D eigenvalue weighted by Crippen LogP contribution is -2.13. The number of benzene rings is 2. The summed E-state index contributed by atoms with van der Waals surface area (Å²) in [5.74, 6) is -0.738. The number of thiophene rings is 1. The van der Waals surface area contributed by atoms with E-state index >= 15 is 0 Å². The van der Waals surface area contributed by atoms with E-state index in [9.17, 15) is 13.9 Å². The molecule has 2 N–H and O–H groups in total. The number of hydrogen-bond acceptors (Lipinski definition) is 3. The monoisotopic (exact) mass is 395 g/mol. The Morgan fingerprint density at radius 1 is 1.04 bits per heavy atom. The first-order valence-electron chi connectivity index (χ1n) is 8.97. The Kier molecular flexibility index (Phi) is 5.11. The molecule has 1 aromatic heterocycles.